The van der Waals surface area contributed by atoms with Gasteiger partial charge in [-0.3, -0.25) is 18.9 Å². The van der Waals surface area contributed by atoms with Gasteiger partial charge in [-0.2, -0.15) is 0 Å². The molecule has 2 fully saturated rings. The molecule has 5 heterocycles. The average Bonchev–Trinajstić information content (AvgIpc) is 3.41. The molecule has 2 saturated heterocycles. The van der Waals surface area contributed by atoms with Crippen molar-refractivity contribution in [3.05, 3.63) is 68.9 Å². The SMILES string of the molecule is Cc1cccn2c(=O)c(/C=C3\SC(=S)N(Cc4ccco4)C3=O)c(N3CCC(C)CC3)nc12. The van der Waals surface area contributed by atoms with Gasteiger partial charge in [0, 0.05) is 19.3 Å². The lowest BCUT2D eigenvalue weighted by Crippen LogP contribution is -2.36. The van der Waals surface area contributed by atoms with Crippen molar-refractivity contribution in [2.24, 2.45) is 5.92 Å². The van der Waals surface area contributed by atoms with Crippen LogP contribution in [0, 0.1) is 12.8 Å². The van der Waals surface area contributed by atoms with E-state index in [4.69, 9.17) is 21.6 Å². The Morgan fingerprint density at radius 2 is 2.03 bits per heavy atom. The average molecular weight is 481 g/mol. The first-order valence-electron chi connectivity index (χ1n) is 11.0. The highest BCUT2D eigenvalue weighted by Crippen LogP contribution is 2.35. The molecule has 2 aliphatic heterocycles. The van der Waals surface area contributed by atoms with Gasteiger partial charge in [0.15, 0.2) is 0 Å². The van der Waals surface area contributed by atoms with Gasteiger partial charge < -0.3 is 9.32 Å². The van der Waals surface area contributed by atoms with Crippen molar-refractivity contribution in [2.45, 2.75) is 33.2 Å². The summed E-state index contributed by atoms with van der Waals surface area (Å²) in [5.74, 6) is 1.70. The molecule has 0 spiro atoms. The molecule has 9 heteroatoms. The van der Waals surface area contributed by atoms with Crippen molar-refractivity contribution in [3.8, 4) is 0 Å². The zero-order chi connectivity index (χ0) is 23.1. The Bertz CT molecular complexity index is 1320. The first-order chi connectivity index (χ1) is 15.9. The second kappa shape index (κ2) is 8.79. The van der Waals surface area contributed by atoms with Crippen molar-refractivity contribution in [1.82, 2.24) is 14.3 Å². The molecule has 7 nitrogen and oxygen atoms in total. The van der Waals surface area contributed by atoms with E-state index in [1.807, 2.05) is 19.1 Å². The van der Waals surface area contributed by atoms with Gasteiger partial charge in [-0.05, 0) is 55.5 Å². The van der Waals surface area contributed by atoms with Gasteiger partial charge >= 0.3 is 0 Å². The fourth-order valence-corrected chi connectivity index (χ4v) is 5.45. The largest absolute Gasteiger partial charge is 0.467 e. The van der Waals surface area contributed by atoms with Crippen LogP contribution >= 0.6 is 24.0 Å². The first kappa shape index (κ1) is 21.9. The van der Waals surface area contributed by atoms with Crippen LogP contribution in [0.3, 0.4) is 0 Å². The van der Waals surface area contributed by atoms with Gasteiger partial charge in [-0.1, -0.05) is 37.0 Å². The molecule has 1 amide bonds. The molecule has 33 heavy (non-hydrogen) atoms. The van der Waals surface area contributed by atoms with Crippen molar-refractivity contribution in [3.63, 3.8) is 0 Å². The molecule has 0 N–H and O–H groups in total. The van der Waals surface area contributed by atoms with Crippen LogP contribution in [0.2, 0.25) is 0 Å². The smallest absolute Gasteiger partial charge is 0.267 e. The number of hydrogen-bond acceptors (Lipinski definition) is 7. The quantitative estimate of drug-likeness (QED) is 0.409. The molecule has 0 unspecified atom stereocenters. The molecule has 0 saturated carbocycles. The van der Waals surface area contributed by atoms with Crippen molar-refractivity contribution in [2.75, 3.05) is 18.0 Å². The Morgan fingerprint density at radius 3 is 2.76 bits per heavy atom. The highest BCUT2D eigenvalue weighted by atomic mass is 32.2. The van der Waals surface area contributed by atoms with E-state index in [0.717, 1.165) is 31.5 Å². The summed E-state index contributed by atoms with van der Waals surface area (Å²) in [7, 11) is 0. The molecule has 0 radical (unpaired) electrons. The van der Waals surface area contributed by atoms with Crippen molar-refractivity contribution in [1.29, 1.82) is 0 Å². The van der Waals surface area contributed by atoms with Gasteiger partial charge in [-0.25, -0.2) is 4.98 Å². The van der Waals surface area contributed by atoms with Gasteiger partial charge in [0.2, 0.25) is 0 Å². The summed E-state index contributed by atoms with van der Waals surface area (Å²) in [5, 5.41) is 0. The minimum atomic E-state index is -0.228. The number of nitrogens with zero attached hydrogens (tertiary/aromatic N) is 4. The highest BCUT2D eigenvalue weighted by molar-refractivity contribution is 8.26. The van der Waals surface area contributed by atoms with Gasteiger partial charge in [0.1, 0.15) is 21.5 Å². The molecule has 3 aromatic heterocycles. The summed E-state index contributed by atoms with van der Waals surface area (Å²) in [4.78, 5) is 35.8. The van der Waals surface area contributed by atoms with Crippen LogP contribution in [0.4, 0.5) is 5.82 Å². The van der Waals surface area contributed by atoms with Crippen LogP contribution in [-0.4, -0.2) is 37.6 Å². The Balaban J connectivity index is 1.59. The van der Waals surface area contributed by atoms with Crippen LogP contribution < -0.4 is 10.5 Å². The fraction of sp³-hybridized carbons (Fsp3) is 0.333. The minimum Gasteiger partial charge on any atom is -0.467 e. The summed E-state index contributed by atoms with van der Waals surface area (Å²) in [6, 6.07) is 7.36. The number of thiocarbonyl (C=S) groups is 1. The number of aromatic nitrogens is 2. The number of anilines is 1. The van der Waals surface area contributed by atoms with E-state index in [1.165, 1.54) is 16.7 Å². The number of thioether (sulfide) groups is 1. The Hall–Kier alpha value is -2.91. The maximum Gasteiger partial charge on any atom is 0.267 e. The Morgan fingerprint density at radius 1 is 1.24 bits per heavy atom. The van der Waals surface area contributed by atoms with Crippen LogP contribution in [0.5, 0.6) is 0 Å². The summed E-state index contributed by atoms with van der Waals surface area (Å²) in [6.45, 7) is 6.12. The molecule has 0 aliphatic carbocycles. The zero-order valence-electron chi connectivity index (χ0n) is 18.5. The molecule has 0 atom stereocenters. The lowest BCUT2D eigenvalue weighted by Gasteiger charge is -2.32. The van der Waals surface area contributed by atoms with E-state index < -0.39 is 0 Å². The second-order valence-corrected chi connectivity index (χ2v) is 10.2. The number of fused-ring (bicyclic) bond motifs is 1. The maximum atomic E-state index is 13.6. The molecule has 170 valence electrons. The number of aryl methyl sites for hydroxylation is 1. The third-order valence-electron chi connectivity index (χ3n) is 6.19. The monoisotopic (exact) mass is 480 g/mol. The number of amides is 1. The standard InChI is InChI=1S/C24H24N4O3S2/c1-15-7-10-26(11-8-15)21-18(22(29)27-9-3-5-16(2)20(27)25-21)13-19-23(30)28(24(32)33-19)14-17-6-4-12-31-17/h3-6,9,12-13,15H,7-8,10-11,14H2,1-2H3/b19-13-. The highest BCUT2D eigenvalue weighted by Gasteiger charge is 2.33. The number of hydrogen-bond donors (Lipinski definition) is 0. The van der Waals surface area contributed by atoms with E-state index in [9.17, 15) is 9.59 Å². The van der Waals surface area contributed by atoms with Crippen LogP contribution in [-0.2, 0) is 11.3 Å². The molecule has 0 bridgehead atoms. The minimum absolute atomic E-state index is 0.186. The Kier molecular flexibility index (Phi) is 5.84. The lowest BCUT2D eigenvalue weighted by molar-refractivity contribution is -0.122. The number of carbonyl (C=O) groups is 1. The molecular formula is C24H24N4O3S2. The summed E-state index contributed by atoms with van der Waals surface area (Å²) in [5.41, 5.74) is 1.80. The molecular weight excluding hydrogens is 456 g/mol. The lowest BCUT2D eigenvalue weighted by atomic mass is 9.99. The van der Waals surface area contributed by atoms with Crippen LogP contribution in [0.25, 0.3) is 11.7 Å². The van der Waals surface area contributed by atoms with Crippen LogP contribution in [0.1, 0.15) is 36.7 Å². The number of rotatable bonds is 4. The second-order valence-electron chi connectivity index (χ2n) is 8.56. The third kappa shape index (κ3) is 4.11. The summed E-state index contributed by atoms with van der Waals surface area (Å²) in [6.07, 6.45) is 7.04. The van der Waals surface area contributed by atoms with Crippen molar-refractivity contribution >= 4 is 51.7 Å². The van der Waals surface area contributed by atoms with E-state index in [-0.39, 0.29) is 18.0 Å². The Labute approximate surface area is 201 Å². The zero-order valence-corrected chi connectivity index (χ0v) is 20.1. The maximum absolute atomic E-state index is 13.6. The predicted octanol–water partition coefficient (Wildman–Crippen LogP) is 4.23. The van der Waals surface area contributed by atoms with E-state index in [1.54, 1.807) is 35.1 Å². The van der Waals surface area contributed by atoms with E-state index in [0.29, 0.717) is 37.9 Å². The van der Waals surface area contributed by atoms with Gasteiger partial charge in [0.05, 0.1) is 23.3 Å². The summed E-state index contributed by atoms with van der Waals surface area (Å²) >= 11 is 6.66. The first-order valence-corrected chi connectivity index (χ1v) is 12.2. The van der Waals surface area contributed by atoms with E-state index >= 15 is 0 Å². The van der Waals surface area contributed by atoms with Crippen molar-refractivity contribution < 1.29 is 9.21 Å². The van der Waals surface area contributed by atoms with Gasteiger partial charge in [-0.15, -0.1) is 0 Å². The molecule has 3 aromatic rings. The normalized spacial score (nSPS) is 18.8. The number of carbonyl (C=O) groups excluding carboxylic acids is 1. The predicted molar refractivity (Wildman–Crippen MR) is 134 cm³/mol. The fourth-order valence-electron chi connectivity index (χ4n) is 4.21. The van der Waals surface area contributed by atoms with Crippen LogP contribution in [0.15, 0.2) is 50.8 Å². The van der Waals surface area contributed by atoms with E-state index in [2.05, 4.69) is 11.8 Å². The number of pyridine rings is 1. The number of piperidine rings is 1. The topological polar surface area (TPSA) is 71.1 Å². The number of furan rings is 1. The summed E-state index contributed by atoms with van der Waals surface area (Å²) < 4.78 is 7.38. The molecule has 5 rings (SSSR count). The molecule has 2 aliphatic rings. The van der Waals surface area contributed by atoms with Gasteiger partial charge in [0.25, 0.3) is 11.5 Å². The third-order valence-corrected chi connectivity index (χ3v) is 7.57. The molecule has 0 aromatic carbocycles.